The van der Waals surface area contributed by atoms with Gasteiger partial charge >= 0.3 is 5.97 Å². The van der Waals surface area contributed by atoms with Gasteiger partial charge in [-0.05, 0) is 38.0 Å². The van der Waals surface area contributed by atoms with Crippen molar-refractivity contribution in [2.24, 2.45) is 5.92 Å². The van der Waals surface area contributed by atoms with E-state index in [0.29, 0.717) is 18.8 Å². The van der Waals surface area contributed by atoms with Crippen LogP contribution in [0.15, 0.2) is 12.2 Å². The minimum atomic E-state index is -0.526. The van der Waals surface area contributed by atoms with Crippen molar-refractivity contribution in [3.63, 3.8) is 0 Å². The third-order valence-electron chi connectivity index (χ3n) is 3.76. The molecule has 0 aromatic heterocycles. The van der Waals surface area contributed by atoms with Gasteiger partial charge in [-0.15, -0.1) is 0 Å². The minimum absolute atomic E-state index is 0.0816. The molecular formula is C17H28O3. The second kappa shape index (κ2) is 9.73. The molecule has 0 heterocycles. The van der Waals surface area contributed by atoms with Gasteiger partial charge in [0.1, 0.15) is 0 Å². The molecule has 1 aliphatic rings. The van der Waals surface area contributed by atoms with E-state index in [-0.39, 0.29) is 11.8 Å². The van der Waals surface area contributed by atoms with Crippen molar-refractivity contribution in [2.75, 3.05) is 0 Å². The predicted molar refractivity (Wildman–Crippen MR) is 80.4 cm³/mol. The molecule has 0 aromatic rings. The lowest BCUT2D eigenvalue weighted by molar-refractivity contribution is -0.153. The van der Waals surface area contributed by atoms with Gasteiger partial charge in [-0.25, -0.2) is 0 Å². The lowest BCUT2D eigenvalue weighted by atomic mass is 9.95. The molecule has 20 heavy (non-hydrogen) atoms. The van der Waals surface area contributed by atoms with Crippen molar-refractivity contribution in [3.8, 4) is 0 Å². The molecule has 1 aliphatic carbocycles. The molecule has 2 atom stereocenters. The van der Waals surface area contributed by atoms with Crippen molar-refractivity contribution in [1.82, 2.24) is 0 Å². The smallest absolute Gasteiger partial charge is 0.303 e. The van der Waals surface area contributed by atoms with Crippen LogP contribution in [0.1, 0.15) is 71.6 Å². The molecule has 0 radical (unpaired) electrons. The normalized spacial score (nSPS) is 26.8. The molecule has 3 nitrogen and oxygen atoms in total. The highest BCUT2D eigenvalue weighted by Gasteiger charge is 2.22. The highest BCUT2D eigenvalue weighted by atomic mass is 16.5. The first-order valence-electron chi connectivity index (χ1n) is 7.94. The Kier molecular flexibility index (Phi) is 8.24. The number of hydrogen-bond acceptors (Lipinski definition) is 3. The van der Waals surface area contributed by atoms with Crippen LogP contribution in [0.3, 0.4) is 0 Å². The maximum Gasteiger partial charge on any atom is 0.303 e. The third kappa shape index (κ3) is 7.46. The van der Waals surface area contributed by atoms with E-state index in [9.17, 15) is 9.59 Å². The van der Waals surface area contributed by atoms with E-state index in [0.717, 1.165) is 25.7 Å². The van der Waals surface area contributed by atoms with E-state index in [1.165, 1.54) is 26.2 Å². The van der Waals surface area contributed by atoms with Gasteiger partial charge in [-0.3, -0.25) is 9.59 Å². The molecule has 0 aromatic carbocycles. The fourth-order valence-corrected chi connectivity index (χ4v) is 2.61. The average Bonchev–Trinajstić information content (AvgIpc) is 2.38. The molecule has 0 aliphatic heterocycles. The predicted octanol–water partition coefficient (Wildman–Crippen LogP) is 4.20. The zero-order chi connectivity index (χ0) is 14.8. The summed E-state index contributed by atoms with van der Waals surface area (Å²) in [5.41, 5.74) is 0. The number of esters is 1. The van der Waals surface area contributed by atoms with E-state index in [1.807, 2.05) is 0 Å². The molecule has 1 rings (SSSR count). The molecule has 0 fully saturated rings. The Hall–Kier alpha value is -1.12. The molecule has 0 spiro atoms. The summed E-state index contributed by atoms with van der Waals surface area (Å²) in [6.45, 7) is 3.46. The Balaban J connectivity index is 2.59. The zero-order valence-corrected chi connectivity index (χ0v) is 12.9. The van der Waals surface area contributed by atoms with Crippen LogP contribution >= 0.6 is 0 Å². The highest BCUT2D eigenvalue weighted by molar-refractivity contribution is 5.85. The second-order valence-electron chi connectivity index (χ2n) is 5.93. The van der Waals surface area contributed by atoms with Crippen molar-refractivity contribution in [2.45, 2.75) is 77.7 Å². The number of carbonyl (C=O) groups excluding carboxylic acids is 2. The summed E-state index contributed by atoms with van der Waals surface area (Å²) in [6.07, 6.45) is 12.9. The fourth-order valence-electron chi connectivity index (χ4n) is 2.61. The maximum absolute atomic E-state index is 12.2. The Bertz CT molecular complexity index is 333. The van der Waals surface area contributed by atoms with Crippen LogP contribution in [0, 0.1) is 5.92 Å². The van der Waals surface area contributed by atoms with Crippen LogP contribution in [0.2, 0.25) is 0 Å². The van der Waals surface area contributed by atoms with Crippen LogP contribution in [0.4, 0.5) is 0 Å². The van der Waals surface area contributed by atoms with Crippen LogP contribution in [-0.4, -0.2) is 17.9 Å². The third-order valence-corrected chi connectivity index (χ3v) is 3.76. The first-order valence-corrected chi connectivity index (χ1v) is 7.94. The number of hydrogen-bond donors (Lipinski definition) is 0. The Morgan fingerprint density at radius 2 is 1.85 bits per heavy atom. The van der Waals surface area contributed by atoms with Crippen LogP contribution in [0.5, 0.6) is 0 Å². The van der Waals surface area contributed by atoms with E-state index >= 15 is 0 Å². The summed E-state index contributed by atoms with van der Waals surface area (Å²) in [6, 6.07) is 0. The van der Waals surface area contributed by atoms with Gasteiger partial charge < -0.3 is 4.74 Å². The molecule has 0 bridgehead atoms. The fraction of sp³-hybridized carbons (Fsp3) is 0.765. The number of ether oxygens (including phenoxy) is 1. The molecule has 114 valence electrons. The van der Waals surface area contributed by atoms with E-state index in [2.05, 4.69) is 19.1 Å². The molecule has 0 saturated heterocycles. The summed E-state index contributed by atoms with van der Waals surface area (Å²) in [4.78, 5) is 23.4. The molecule has 2 unspecified atom stereocenters. The van der Waals surface area contributed by atoms with Crippen molar-refractivity contribution in [3.05, 3.63) is 12.2 Å². The van der Waals surface area contributed by atoms with E-state index < -0.39 is 6.10 Å². The first-order chi connectivity index (χ1) is 9.59. The average molecular weight is 280 g/mol. The largest absolute Gasteiger partial charge is 0.455 e. The number of rotatable bonds is 1. The summed E-state index contributed by atoms with van der Waals surface area (Å²) < 4.78 is 5.21. The number of allylic oxidation sites excluding steroid dienone is 2. The van der Waals surface area contributed by atoms with Gasteiger partial charge in [0.2, 0.25) is 0 Å². The van der Waals surface area contributed by atoms with Gasteiger partial charge in [0.15, 0.2) is 11.9 Å². The molecular weight excluding hydrogens is 252 g/mol. The number of Topliss-reactive ketones (excluding diaryl/α,β-unsaturated/α-hetero) is 1. The summed E-state index contributed by atoms with van der Waals surface area (Å²) in [7, 11) is 0. The summed E-state index contributed by atoms with van der Waals surface area (Å²) >= 11 is 0. The molecule has 0 amide bonds. The lowest BCUT2D eigenvalue weighted by Crippen LogP contribution is -2.27. The number of carbonyl (C=O) groups is 2. The molecule has 0 N–H and O–H groups in total. The Labute approximate surface area is 122 Å². The first kappa shape index (κ1) is 16.9. The topological polar surface area (TPSA) is 43.4 Å². The van der Waals surface area contributed by atoms with Gasteiger partial charge in [0, 0.05) is 13.3 Å². The van der Waals surface area contributed by atoms with Crippen molar-refractivity contribution >= 4 is 11.8 Å². The highest BCUT2D eigenvalue weighted by Crippen LogP contribution is 2.18. The maximum atomic E-state index is 12.2. The van der Waals surface area contributed by atoms with Crippen LogP contribution in [0.25, 0.3) is 0 Å². The van der Waals surface area contributed by atoms with Gasteiger partial charge in [-0.1, -0.05) is 38.3 Å². The van der Waals surface area contributed by atoms with Gasteiger partial charge in [0.25, 0.3) is 0 Å². The second-order valence-corrected chi connectivity index (χ2v) is 5.93. The molecule has 0 saturated carbocycles. The van der Waals surface area contributed by atoms with Crippen LogP contribution < -0.4 is 0 Å². The standard InChI is InChI=1S/C17H28O3/c1-14-11-9-7-5-3-4-6-8-10-12-17(16(19)13-14)20-15(2)18/h7,9,14,17H,3-6,8,10-13H2,1-2H3. The van der Waals surface area contributed by atoms with Crippen molar-refractivity contribution < 1.29 is 14.3 Å². The molecule has 3 heteroatoms. The lowest BCUT2D eigenvalue weighted by Gasteiger charge is -2.18. The quantitative estimate of drug-likeness (QED) is 0.534. The summed E-state index contributed by atoms with van der Waals surface area (Å²) in [5.74, 6) is 0.0509. The Morgan fingerprint density at radius 3 is 2.60 bits per heavy atom. The van der Waals surface area contributed by atoms with E-state index in [4.69, 9.17) is 4.74 Å². The zero-order valence-electron chi connectivity index (χ0n) is 12.9. The monoisotopic (exact) mass is 280 g/mol. The minimum Gasteiger partial charge on any atom is -0.455 e. The van der Waals surface area contributed by atoms with E-state index in [1.54, 1.807) is 0 Å². The Morgan fingerprint density at radius 1 is 1.15 bits per heavy atom. The van der Waals surface area contributed by atoms with Gasteiger partial charge in [0.05, 0.1) is 0 Å². The van der Waals surface area contributed by atoms with Crippen LogP contribution in [-0.2, 0) is 14.3 Å². The van der Waals surface area contributed by atoms with Crippen molar-refractivity contribution in [1.29, 1.82) is 0 Å². The SMILES string of the molecule is CC(=O)OC1CCCCCCCC=CCC(C)CC1=O. The van der Waals surface area contributed by atoms with Gasteiger partial charge in [-0.2, -0.15) is 0 Å². The number of ketones is 1. The summed E-state index contributed by atoms with van der Waals surface area (Å²) in [5, 5.41) is 0.